The third-order valence-corrected chi connectivity index (χ3v) is 4.83. The van der Waals surface area contributed by atoms with Gasteiger partial charge in [-0.1, -0.05) is 35.3 Å². The maximum Gasteiger partial charge on any atom is 0.274 e. The maximum absolute atomic E-state index is 12.6. The zero-order chi connectivity index (χ0) is 18.5. The van der Waals surface area contributed by atoms with Crippen LogP contribution in [-0.4, -0.2) is 53.5 Å². The van der Waals surface area contributed by atoms with Gasteiger partial charge in [0.15, 0.2) is 0 Å². The largest absolute Gasteiger partial charge is 0.494 e. The molecule has 1 aliphatic rings. The Bertz CT molecular complexity index is 760. The van der Waals surface area contributed by atoms with Crippen LogP contribution in [0.1, 0.15) is 23.0 Å². The molecule has 1 aromatic carbocycles. The minimum Gasteiger partial charge on any atom is -0.494 e. The van der Waals surface area contributed by atoms with Crippen molar-refractivity contribution in [2.45, 2.75) is 13.5 Å². The number of rotatable bonds is 5. The fourth-order valence-electron chi connectivity index (χ4n) is 2.94. The Morgan fingerprint density at radius 3 is 2.42 bits per heavy atom. The Hall–Kier alpha value is -1.82. The Labute approximate surface area is 163 Å². The number of amides is 1. The van der Waals surface area contributed by atoms with Crippen LogP contribution in [-0.2, 0) is 6.54 Å². The number of hydrogen-bond donors (Lipinski definition) is 0. The molecule has 1 aromatic heterocycles. The van der Waals surface area contributed by atoms with E-state index in [4.69, 9.17) is 27.9 Å². The molecule has 3 rings (SSSR count). The number of hydrogen-bond acceptors (Lipinski definition) is 4. The van der Waals surface area contributed by atoms with Gasteiger partial charge in [-0.2, -0.15) is 0 Å². The van der Waals surface area contributed by atoms with Gasteiger partial charge in [0.1, 0.15) is 16.6 Å². The summed E-state index contributed by atoms with van der Waals surface area (Å²) in [5, 5.41) is 0.600. The predicted octanol–water partition coefficient (Wildman–Crippen LogP) is 3.75. The van der Waals surface area contributed by atoms with Crippen LogP contribution in [0.15, 0.2) is 36.4 Å². The van der Waals surface area contributed by atoms with E-state index in [2.05, 4.69) is 22.0 Å². The second-order valence-electron chi connectivity index (χ2n) is 6.11. The van der Waals surface area contributed by atoms with E-state index in [9.17, 15) is 4.79 Å². The molecule has 1 amide bonds. The van der Waals surface area contributed by atoms with E-state index in [0.29, 0.717) is 24.7 Å². The lowest BCUT2D eigenvalue weighted by atomic mass is 10.2. The molecule has 138 valence electrons. The number of carbonyl (C=O) groups is 1. The summed E-state index contributed by atoms with van der Waals surface area (Å²) in [6.45, 7) is 6.38. The van der Waals surface area contributed by atoms with Crippen LogP contribution in [0.25, 0.3) is 0 Å². The molecule has 0 radical (unpaired) electrons. The number of piperazine rings is 1. The average Bonchev–Trinajstić information content (AvgIpc) is 2.66. The summed E-state index contributed by atoms with van der Waals surface area (Å²) < 4.78 is 5.47. The number of ether oxygens (including phenoxy) is 1. The van der Waals surface area contributed by atoms with Gasteiger partial charge in [-0.25, -0.2) is 4.98 Å². The second kappa shape index (κ2) is 8.71. The van der Waals surface area contributed by atoms with Crippen molar-refractivity contribution in [3.63, 3.8) is 0 Å². The molecule has 0 atom stereocenters. The Morgan fingerprint density at radius 2 is 1.77 bits per heavy atom. The molecular weight excluding hydrogens is 373 g/mol. The maximum atomic E-state index is 12.6. The summed E-state index contributed by atoms with van der Waals surface area (Å²) in [6.07, 6.45) is 0. The first-order valence-electron chi connectivity index (χ1n) is 8.62. The van der Waals surface area contributed by atoms with Crippen molar-refractivity contribution in [3.05, 3.63) is 57.8 Å². The Morgan fingerprint density at radius 1 is 1.08 bits per heavy atom. The molecule has 1 saturated heterocycles. The molecule has 0 N–H and O–H groups in total. The standard InChI is InChI=1S/C19H21Cl2N3O2/c1-2-26-15-5-3-14(4-6-15)13-23-9-11-24(12-10-23)19(25)18-16(20)7-8-17(21)22-18/h3-8H,2,9-13H2,1H3. The van der Waals surface area contributed by atoms with Gasteiger partial charge in [-0.15, -0.1) is 0 Å². The Kier molecular flexibility index (Phi) is 6.35. The lowest BCUT2D eigenvalue weighted by molar-refractivity contribution is 0.0623. The van der Waals surface area contributed by atoms with E-state index in [1.165, 1.54) is 5.56 Å². The summed E-state index contributed by atoms with van der Waals surface area (Å²) in [5.74, 6) is 0.718. The van der Waals surface area contributed by atoms with Gasteiger partial charge in [-0.05, 0) is 36.8 Å². The van der Waals surface area contributed by atoms with Gasteiger partial charge >= 0.3 is 0 Å². The number of pyridine rings is 1. The summed E-state index contributed by atoms with van der Waals surface area (Å²) in [5.41, 5.74) is 1.45. The third kappa shape index (κ3) is 4.67. The van der Waals surface area contributed by atoms with Gasteiger partial charge in [0.25, 0.3) is 5.91 Å². The normalized spacial score (nSPS) is 15.1. The molecule has 0 spiro atoms. The molecule has 0 bridgehead atoms. The highest BCUT2D eigenvalue weighted by atomic mass is 35.5. The summed E-state index contributed by atoms with van der Waals surface area (Å²) in [4.78, 5) is 20.8. The quantitative estimate of drug-likeness (QED) is 0.725. The SMILES string of the molecule is CCOc1ccc(CN2CCN(C(=O)c3nc(Cl)ccc3Cl)CC2)cc1. The number of halogens is 2. The van der Waals surface area contributed by atoms with Crippen molar-refractivity contribution >= 4 is 29.1 Å². The number of carbonyl (C=O) groups excluding carboxylic acids is 1. The monoisotopic (exact) mass is 393 g/mol. The number of aromatic nitrogens is 1. The fraction of sp³-hybridized carbons (Fsp3) is 0.368. The van der Waals surface area contributed by atoms with Crippen LogP contribution in [0.2, 0.25) is 10.2 Å². The van der Waals surface area contributed by atoms with Gasteiger partial charge in [0.05, 0.1) is 11.6 Å². The first kappa shape index (κ1) is 19.0. The smallest absolute Gasteiger partial charge is 0.274 e. The fourth-order valence-corrected chi connectivity index (χ4v) is 3.28. The number of nitrogens with zero attached hydrogens (tertiary/aromatic N) is 3. The van der Waals surface area contributed by atoms with Crippen molar-refractivity contribution < 1.29 is 9.53 Å². The molecular formula is C19H21Cl2N3O2. The highest BCUT2D eigenvalue weighted by Crippen LogP contribution is 2.20. The lowest BCUT2D eigenvalue weighted by Gasteiger charge is -2.34. The van der Waals surface area contributed by atoms with Crippen LogP contribution >= 0.6 is 23.2 Å². The van der Waals surface area contributed by atoms with Crippen molar-refractivity contribution in [3.8, 4) is 5.75 Å². The highest BCUT2D eigenvalue weighted by molar-refractivity contribution is 6.34. The zero-order valence-corrected chi connectivity index (χ0v) is 16.1. The van der Waals surface area contributed by atoms with E-state index in [1.54, 1.807) is 17.0 Å². The van der Waals surface area contributed by atoms with Crippen molar-refractivity contribution in [2.24, 2.45) is 0 Å². The second-order valence-corrected chi connectivity index (χ2v) is 6.90. The highest BCUT2D eigenvalue weighted by Gasteiger charge is 2.24. The van der Waals surface area contributed by atoms with E-state index >= 15 is 0 Å². The van der Waals surface area contributed by atoms with Crippen LogP contribution in [0.5, 0.6) is 5.75 Å². The van der Waals surface area contributed by atoms with Crippen LogP contribution in [0.3, 0.4) is 0 Å². The number of benzene rings is 1. The molecule has 1 aliphatic heterocycles. The van der Waals surface area contributed by atoms with Gasteiger partial charge in [0, 0.05) is 32.7 Å². The lowest BCUT2D eigenvalue weighted by Crippen LogP contribution is -2.48. The van der Waals surface area contributed by atoms with Crippen LogP contribution < -0.4 is 4.74 Å². The minimum atomic E-state index is -0.168. The molecule has 5 nitrogen and oxygen atoms in total. The first-order valence-corrected chi connectivity index (χ1v) is 9.38. The topological polar surface area (TPSA) is 45.7 Å². The van der Waals surface area contributed by atoms with Crippen molar-refractivity contribution in [1.82, 2.24) is 14.8 Å². The minimum absolute atomic E-state index is 0.168. The molecule has 1 fully saturated rings. The molecule has 0 unspecified atom stereocenters. The molecule has 0 saturated carbocycles. The van der Waals surface area contributed by atoms with Crippen LogP contribution in [0.4, 0.5) is 0 Å². The third-order valence-electron chi connectivity index (χ3n) is 4.31. The summed E-state index contributed by atoms with van der Waals surface area (Å²) >= 11 is 12.0. The Balaban J connectivity index is 1.55. The van der Waals surface area contributed by atoms with E-state index in [0.717, 1.165) is 25.4 Å². The average molecular weight is 394 g/mol. The van der Waals surface area contributed by atoms with Gasteiger partial charge < -0.3 is 9.64 Å². The van der Waals surface area contributed by atoms with E-state index in [1.807, 2.05) is 19.1 Å². The van der Waals surface area contributed by atoms with E-state index < -0.39 is 0 Å². The van der Waals surface area contributed by atoms with E-state index in [-0.39, 0.29) is 16.8 Å². The van der Waals surface area contributed by atoms with Crippen molar-refractivity contribution in [1.29, 1.82) is 0 Å². The summed E-state index contributed by atoms with van der Waals surface area (Å²) in [6, 6.07) is 11.3. The summed E-state index contributed by atoms with van der Waals surface area (Å²) in [7, 11) is 0. The zero-order valence-electron chi connectivity index (χ0n) is 14.6. The van der Waals surface area contributed by atoms with Crippen LogP contribution in [0, 0.1) is 0 Å². The van der Waals surface area contributed by atoms with Crippen molar-refractivity contribution in [2.75, 3.05) is 32.8 Å². The molecule has 26 heavy (non-hydrogen) atoms. The molecule has 2 heterocycles. The van der Waals surface area contributed by atoms with Gasteiger partial charge in [-0.3, -0.25) is 9.69 Å². The predicted molar refractivity (Wildman–Crippen MR) is 103 cm³/mol. The molecule has 7 heteroatoms. The molecule has 2 aromatic rings. The van der Waals surface area contributed by atoms with Gasteiger partial charge in [0.2, 0.25) is 0 Å². The first-order chi connectivity index (χ1) is 12.6. The molecule has 0 aliphatic carbocycles.